The Bertz CT molecular complexity index is 1080. The summed E-state index contributed by atoms with van der Waals surface area (Å²) in [7, 11) is 0. The highest BCUT2D eigenvalue weighted by molar-refractivity contribution is 14.1. The highest BCUT2D eigenvalue weighted by Crippen LogP contribution is 2.62. The molecule has 2 saturated carbocycles. The Labute approximate surface area is 253 Å². The van der Waals surface area contributed by atoms with Crippen molar-refractivity contribution in [2.24, 2.45) is 17.3 Å². The van der Waals surface area contributed by atoms with Crippen molar-refractivity contribution in [3.05, 3.63) is 29.3 Å². The van der Waals surface area contributed by atoms with Gasteiger partial charge in [0.05, 0.1) is 24.9 Å². The smallest absolute Gasteiger partial charge is 0.435 e. The molecule has 3 aliphatic rings. The molecule has 0 amide bonds. The third-order valence-electron chi connectivity index (χ3n) is 9.39. The second-order valence-corrected chi connectivity index (χ2v) is 14.9. The van der Waals surface area contributed by atoms with Crippen molar-refractivity contribution >= 4 is 22.6 Å². The van der Waals surface area contributed by atoms with Crippen LogP contribution in [0.3, 0.4) is 0 Å². The van der Waals surface area contributed by atoms with Crippen molar-refractivity contribution in [1.29, 1.82) is 0 Å². The summed E-state index contributed by atoms with van der Waals surface area (Å²) in [6.07, 6.45) is -16.3. The van der Waals surface area contributed by atoms with Gasteiger partial charge < -0.3 is 14.2 Å². The van der Waals surface area contributed by atoms with Crippen LogP contribution in [0.4, 0.5) is 39.5 Å². The van der Waals surface area contributed by atoms with Crippen molar-refractivity contribution in [2.75, 3.05) is 13.2 Å². The van der Waals surface area contributed by atoms with E-state index >= 15 is 0 Å². The quantitative estimate of drug-likeness (QED) is 0.152. The molecule has 6 unspecified atom stereocenters. The normalized spacial score (nSPS) is 29.5. The molecule has 4 rings (SSSR count). The van der Waals surface area contributed by atoms with Gasteiger partial charge in [-0.3, -0.25) is 0 Å². The molecule has 240 valence electrons. The fraction of sp³-hybridized carbons (Fsp3) is 0.793. The summed E-state index contributed by atoms with van der Waals surface area (Å²) in [6.45, 7) is 5.47. The van der Waals surface area contributed by atoms with Crippen LogP contribution in [0.1, 0.15) is 76.8 Å². The van der Waals surface area contributed by atoms with Crippen molar-refractivity contribution in [1.82, 2.24) is 0 Å². The number of benzene rings is 1. The highest BCUT2D eigenvalue weighted by Gasteiger charge is 2.85. The van der Waals surface area contributed by atoms with Crippen LogP contribution in [0, 0.1) is 17.3 Å². The van der Waals surface area contributed by atoms with Crippen LogP contribution < -0.4 is 4.74 Å². The van der Waals surface area contributed by atoms with Gasteiger partial charge in [-0.25, -0.2) is 0 Å². The molecule has 13 heteroatoms. The van der Waals surface area contributed by atoms with Gasteiger partial charge in [0.2, 0.25) is 0 Å². The Morgan fingerprint density at radius 3 is 2.12 bits per heavy atom. The Kier molecular flexibility index (Phi) is 9.24. The first kappa shape index (κ1) is 33.9. The van der Waals surface area contributed by atoms with Gasteiger partial charge in [-0.2, -0.15) is 39.5 Å². The summed E-state index contributed by atoms with van der Waals surface area (Å²) in [5.74, 6) is 1.66. The third kappa shape index (κ3) is 6.12. The molecule has 0 aromatic heterocycles. The minimum atomic E-state index is -6.78. The maximum absolute atomic E-state index is 13.4. The van der Waals surface area contributed by atoms with E-state index in [4.69, 9.17) is 9.47 Å². The molecule has 6 atom stereocenters. The second kappa shape index (κ2) is 11.4. The Morgan fingerprint density at radius 2 is 1.55 bits per heavy atom. The van der Waals surface area contributed by atoms with E-state index in [2.05, 4.69) is 46.4 Å². The summed E-state index contributed by atoms with van der Waals surface area (Å²) >= 11 is 2.30. The van der Waals surface area contributed by atoms with Crippen LogP contribution in [0.2, 0.25) is 0 Å². The number of halogens is 10. The van der Waals surface area contributed by atoms with Crippen LogP contribution in [-0.2, 0) is 15.9 Å². The maximum atomic E-state index is 13.4. The zero-order chi connectivity index (χ0) is 31.5. The number of ether oxygens (including phenoxy) is 3. The van der Waals surface area contributed by atoms with Gasteiger partial charge in [0.15, 0.2) is 0 Å². The van der Waals surface area contributed by atoms with Gasteiger partial charge in [0, 0.05) is 3.92 Å². The summed E-state index contributed by atoms with van der Waals surface area (Å²) < 4.78 is 137. The fourth-order valence-corrected chi connectivity index (χ4v) is 7.61. The molecule has 0 radical (unpaired) electrons. The predicted molar refractivity (Wildman–Crippen MR) is 146 cm³/mol. The largest absolute Gasteiger partial charge is 0.493 e. The highest BCUT2D eigenvalue weighted by atomic mass is 127. The van der Waals surface area contributed by atoms with Gasteiger partial charge in [-0.05, 0) is 98.8 Å². The molecule has 42 heavy (non-hydrogen) atoms. The number of aryl methyl sites for hydroxylation is 1. The van der Waals surface area contributed by atoms with Gasteiger partial charge in [-0.1, -0.05) is 42.5 Å². The van der Waals surface area contributed by atoms with E-state index in [1.54, 1.807) is 0 Å². The molecule has 0 aliphatic heterocycles. The number of hydrogen-bond acceptors (Lipinski definition) is 3. The fourth-order valence-electron chi connectivity index (χ4n) is 7.43. The first-order valence-corrected chi connectivity index (χ1v) is 15.3. The van der Waals surface area contributed by atoms with Crippen molar-refractivity contribution in [3.8, 4) is 5.75 Å². The topological polar surface area (TPSA) is 27.7 Å². The first-order valence-electron chi connectivity index (χ1n) is 14.0. The molecule has 0 bridgehead atoms. The standard InChI is InChI=1S/C29H36F9IO3/c1-16(39)14-40-18-6-8-19-17(13-18)5-7-21-20(19)11-12-25(4)22(21)9-10-23(25)42-24(2,3)15-41-26(27(30,31)32,28(33,34)35)29(36,37)38/h6,8,13,16,20-23H,5,7,9-12,14-15H2,1-4H3. The van der Waals surface area contributed by atoms with E-state index in [1.807, 2.05) is 13.0 Å². The molecule has 1 aromatic rings. The molecular formula is C29H36F9IO3. The van der Waals surface area contributed by atoms with E-state index < -0.39 is 47.9 Å². The monoisotopic (exact) mass is 730 g/mol. The average molecular weight is 730 g/mol. The SMILES string of the molecule is CC(I)COc1ccc2c(c1)CCC1C2CCC2(C)C(OC(C)(C)COC(C(F)(F)F)(C(F)(F)F)C(F)(F)F)CCC12. The number of hydrogen-bond donors (Lipinski definition) is 0. The molecule has 1 aromatic carbocycles. The van der Waals surface area contributed by atoms with Crippen LogP contribution in [0.25, 0.3) is 0 Å². The van der Waals surface area contributed by atoms with Gasteiger partial charge in [-0.15, -0.1) is 0 Å². The van der Waals surface area contributed by atoms with Crippen molar-refractivity contribution < 1.29 is 53.7 Å². The zero-order valence-electron chi connectivity index (χ0n) is 23.8. The average Bonchev–Trinajstić information content (AvgIpc) is 3.15. The lowest BCUT2D eigenvalue weighted by Gasteiger charge is -2.51. The minimum absolute atomic E-state index is 0.196. The second-order valence-electron chi connectivity index (χ2n) is 12.8. The lowest BCUT2D eigenvalue weighted by atomic mass is 9.55. The Balaban J connectivity index is 1.48. The van der Waals surface area contributed by atoms with Crippen molar-refractivity contribution in [3.63, 3.8) is 0 Å². The van der Waals surface area contributed by atoms with E-state index in [9.17, 15) is 39.5 Å². The summed E-state index contributed by atoms with van der Waals surface area (Å²) in [4.78, 5) is 0. The molecule has 0 saturated heterocycles. The first-order chi connectivity index (χ1) is 19.1. The lowest BCUT2D eigenvalue weighted by molar-refractivity contribution is -0.461. The zero-order valence-corrected chi connectivity index (χ0v) is 25.9. The van der Waals surface area contributed by atoms with Crippen LogP contribution >= 0.6 is 22.6 Å². The number of alkyl halides is 10. The molecular weight excluding hydrogens is 694 g/mol. The van der Waals surface area contributed by atoms with Crippen LogP contribution in [0.5, 0.6) is 5.75 Å². The predicted octanol–water partition coefficient (Wildman–Crippen LogP) is 9.35. The van der Waals surface area contributed by atoms with Gasteiger partial charge >= 0.3 is 24.1 Å². The number of fused-ring (bicyclic) bond motifs is 5. The molecule has 0 heterocycles. The molecule has 3 nitrogen and oxygen atoms in total. The maximum Gasteiger partial charge on any atom is 0.435 e. The number of rotatable bonds is 8. The molecule has 2 fully saturated rings. The third-order valence-corrected chi connectivity index (χ3v) is 9.75. The molecule has 0 spiro atoms. The van der Waals surface area contributed by atoms with E-state index in [0.29, 0.717) is 35.2 Å². The Hall–Kier alpha value is -0.960. The summed E-state index contributed by atoms with van der Waals surface area (Å²) in [5, 5.41) is 0. The van der Waals surface area contributed by atoms with Gasteiger partial charge in [0.25, 0.3) is 0 Å². The minimum Gasteiger partial charge on any atom is -0.493 e. The molecule has 0 N–H and O–H groups in total. The van der Waals surface area contributed by atoms with Crippen LogP contribution in [0.15, 0.2) is 18.2 Å². The lowest BCUT2D eigenvalue weighted by Crippen LogP contribution is -2.68. The Morgan fingerprint density at radius 1 is 0.929 bits per heavy atom. The van der Waals surface area contributed by atoms with Crippen molar-refractivity contribution in [2.45, 2.75) is 112 Å². The van der Waals surface area contributed by atoms with E-state index in [0.717, 1.165) is 31.4 Å². The summed E-state index contributed by atoms with van der Waals surface area (Å²) in [5.41, 5.74) is -6.06. The summed E-state index contributed by atoms with van der Waals surface area (Å²) in [6, 6.07) is 6.21. The van der Waals surface area contributed by atoms with Crippen LogP contribution in [-0.4, -0.2) is 53.0 Å². The van der Waals surface area contributed by atoms with Gasteiger partial charge in [0.1, 0.15) is 5.75 Å². The molecule has 3 aliphatic carbocycles. The van der Waals surface area contributed by atoms with E-state index in [-0.39, 0.29) is 5.92 Å². The van der Waals surface area contributed by atoms with E-state index in [1.165, 1.54) is 25.0 Å².